The molecule has 0 amide bonds. The number of aryl methyl sites for hydroxylation is 1. The summed E-state index contributed by atoms with van der Waals surface area (Å²) < 4.78 is 0.423. The number of thiocarbonyl (C=S) groups is 1. The summed E-state index contributed by atoms with van der Waals surface area (Å²) in [5, 5.41) is 9.43. The zero-order valence-corrected chi connectivity index (χ0v) is 12.7. The first kappa shape index (κ1) is 16.4. The number of aromatic amines is 1. The van der Waals surface area contributed by atoms with Crippen LogP contribution in [0.1, 0.15) is 26.5 Å². The molecular weight excluding hydrogens is 252 g/mol. The second-order valence-electron chi connectivity index (χ2n) is 3.49. The molecule has 1 aromatic rings. The van der Waals surface area contributed by atoms with Crippen molar-refractivity contribution in [2.45, 2.75) is 27.7 Å². The number of nitrogens with zero attached hydrogens (tertiary/aromatic N) is 2. The highest BCUT2D eigenvalue weighted by atomic mass is 32.1. The molecule has 1 rings (SSSR count). The molecular formula is C11H22N4S2. The van der Waals surface area contributed by atoms with Gasteiger partial charge >= 0.3 is 0 Å². The molecule has 4 nitrogen and oxygen atoms in total. The van der Waals surface area contributed by atoms with Gasteiger partial charge in [-0.1, -0.05) is 33.0 Å². The smallest absolute Gasteiger partial charge is 0.153 e. The maximum absolute atomic E-state index is 4.69. The first-order valence-corrected chi connectivity index (χ1v) is 6.63. The predicted molar refractivity (Wildman–Crippen MR) is 82.0 cm³/mol. The molecule has 98 valence electrons. The SMILES string of the molecule is CCN(CC)CC.Cc1cc(NC(=S)S)n[nH]1. The van der Waals surface area contributed by atoms with Crippen LogP contribution in [0.2, 0.25) is 0 Å². The second kappa shape index (κ2) is 9.44. The summed E-state index contributed by atoms with van der Waals surface area (Å²) in [6.45, 7) is 12.0. The van der Waals surface area contributed by atoms with E-state index < -0.39 is 0 Å². The second-order valence-corrected chi connectivity index (χ2v) is 4.64. The van der Waals surface area contributed by atoms with E-state index in [1.54, 1.807) is 0 Å². The van der Waals surface area contributed by atoms with E-state index in [2.05, 4.69) is 66.0 Å². The Balaban J connectivity index is 0.000000325. The van der Waals surface area contributed by atoms with Gasteiger partial charge < -0.3 is 10.2 Å². The third kappa shape index (κ3) is 8.18. The molecule has 2 N–H and O–H groups in total. The molecule has 0 aliphatic heterocycles. The third-order valence-electron chi connectivity index (χ3n) is 2.28. The topological polar surface area (TPSA) is 44.0 Å². The highest BCUT2D eigenvalue weighted by molar-refractivity contribution is 8.11. The Bertz CT molecular complexity index is 316. The number of nitrogens with one attached hydrogen (secondary N) is 2. The van der Waals surface area contributed by atoms with Crippen LogP contribution in [0.3, 0.4) is 0 Å². The molecule has 0 aliphatic rings. The van der Waals surface area contributed by atoms with Crippen molar-refractivity contribution in [3.8, 4) is 0 Å². The Hall–Kier alpha value is -0.590. The molecule has 0 saturated heterocycles. The Labute approximate surface area is 115 Å². The number of hydrogen-bond acceptors (Lipinski definition) is 3. The molecule has 0 fully saturated rings. The van der Waals surface area contributed by atoms with Gasteiger partial charge in [0, 0.05) is 11.8 Å². The molecule has 0 aromatic carbocycles. The van der Waals surface area contributed by atoms with Crippen molar-refractivity contribution in [3.05, 3.63) is 11.8 Å². The summed E-state index contributed by atoms with van der Waals surface area (Å²) in [6, 6.07) is 1.85. The predicted octanol–water partition coefficient (Wildman–Crippen LogP) is 2.69. The average molecular weight is 274 g/mol. The molecule has 0 aliphatic carbocycles. The molecule has 0 unspecified atom stereocenters. The first-order chi connectivity index (χ1) is 8.03. The average Bonchev–Trinajstić information content (AvgIpc) is 2.66. The first-order valence-electron chi connectivity index (χ1n) is 5.77. The van der Waals surface area contributed by atoms with Crippen LogP contribution in [-0.4, -0.2) is 39.1 Å². The number of aromatic nitrogens is 2. The van der Waals surface area contributed by atoms with E-state index >= 15 is 0 Å². The van der Waals surface area contributed by atoms with Crippen molar-refractivity contribution in [3.63, 3.8) is 0 Å². The molecule has 0 radical (unpaired) electrons. The Morgan fingerprint density at radius 1 is 1.41 bits per heavy atom. The lowest BCUT2D eigenvalue weighted by Crippen LogP contribution is -2.21. The van der Waals surface area contributed by atoms with Crippen molar-refractivity contribution >= 4 is 35.0 Å². The van der Waals surface area contributed by atoms with Crippen LogP contribution in [0.25, 0.3) is 0 Å². The maximum atomic E-state index is 4.69. The molecule has 6 heteroatoms. The van der Waals surface area contributed by atoms with E-state index in [0.717, 1.165) is 5.69 Å². The summed E-state index contributed by atoms with van der Waals surface area (Å²) in [7, 11) is 0. The fourth-order valence-electron chi connectivity index (χ4n) is 1.26. The summed E-state index contributed by atoms with van der Waals surface area (Å²) in [6.07, 6.45) is 0. The van der Waals surface area contributed by atoms with Crippen molar-refractivity contribution < 1.29 is 0 Å². The molecule has 0 saturated carbocycles. The molecule has 1 heterocycles. The van der Waals surface area contributed by atoms with Gasteiger partial charge in [-0.25, -0.2) is 0 Å². The van der Waals surface area contributed by atoms with E-state index in [0.29, 0.717) is 10.1 Å². The minimum absolute atomic E-state index is 0.423. The van der Waals surface area contributed by atoms with Gasteiger partial charge in [-0.3, -0.25) is 5.10 Å². The lowest BCUT2D eigenvalue weighted by molar-refractivity contribution is 0.321. The number of anilines is 1. The van der Waals surface area contributed by atoms with Crippen LogP contribution >= 0.6 is 24.8 Å². The van der Waals surface area contributed by atoms with Gasteiger partial charge in [0.05, 0.1) is 0 Å². The van der Waals surface area contributed by atoms with Crippen LogP contribution in [0, 0.1) is 6.92 Å². The number of hydrogen-bond donors (Lipinski definition) is 3. The summed E-state index contributed by atoms with van der Waals surface area (Å²) in [5.74, 6) is 0.706. The maximum Gasteiger partial charge on any atom is 0.153 e. The van der Waals surface area contributed by atoms with Crippen molar-refractivity contribution in [2.24, 2.45) is 0 Å². The summed E-state index contributed by atoms with van der Waals surface area (Å²) in [5.41, 5.74) is 0.993. The normalized spacial score (nSPS) is 9.76. The lowest BCUT2D eigenvalue weighted by Gasteiger charge is -2.13. The van der Waals surface area contributed by atoms with Gasteiger partial charge in [0.1, 0.15) is 4.32 Å². The molecule has 0 spiro atoms. The van der Waals surface area contributed by atoms with Crippen molar-refractivity contribution in [2.75, 3.05) is 25.0 Å². The lowest BCUT2D eigenvalue weighted by atomic mass is 10.5. The largest absolute Gasteiger partial charge is 0.325 e. The van der Waals surface area contributed by atoms with Crippen LogP contribution in [-0.2, 0) is 0 Å². The fraction of sp³-hybridized carbons (Fsp3) is 0.636. The van der Waals surface area contributed by atoms with Gasteiger partial charge in [0.25, 0.3) is 0 Å². The molecule has 0 bridgehead atoms. The van der Waals surface area contributed by atoms with Crippen LogP contribution < -0.4 is 5.32 Å². The Kier molecular flexibility index (Phi) is 9.11. The van der Waals surface area contributed by atoms with E-state index in [1.807, 2.05) is 13.0 Å². The quantitative estimate of drug-likeness (QED) is 0.583. The zero-order valence-electron chi connectivity index (χ0n) is 10.9. The van der Waals surface area contributed by atoms with E-state index in [4.69, 9.17) is 0 Å². The monoisotopic (exact) mass is 274 g/mol. The van der Waals surface area contributed by atoms with E-state index in [1.165, 1.54) is 19.6 Å². The van der Waals surface area contributed by atoms with Gasteiger partial charge in [0.15, 0.2) is 5.82 Å². The van der Waals surface area contributed by atoms with Crippen LogP contribution in [0.15, 0.2) is 6.07 Å². The van der Waals surface area contributed by atoms with Gasteiger partial charge in [-0.15, -0.1) is 12.6 Å². The molecule has 0 atom stereocenters. The number of H-pyrrole nitrogens is 1. The minimum Gasteiger partial charge on any atom is -0.325 e. The number of thiol groups is 1. The van der Waals surface area contributed by atoms with Gasteiger partial charge in [-0.05, 0) is 26.6 Å². The number of rotatable bonds is 4. The highest BCUT2D eigenvalue weighted by Gasteiger charge is 1.95. The Morgan fingerprint density at radius 3 is 2.18 bits per heavy atom. The van der Waals surface area contributed by atoms with Crippen LogP contribution in [0.5, 0.6) is 0 Å². The molecule has 1 aromatic heterocycles. The van der Waals surface area contributed by atoms with E-state index in [9.17, 15) is 0 Å². The van der Waals surface area contributed by atoms with Gasteiger partial charge in [-0.2, -0.15) is 5.10 Å². The zero-order chi connectivity index (χ0) is 13.3. The molecule has 17 heavy (non-hydrogen) atoms. The summed E-state index contributed by atoms with van der Waals surface area (Å²) in [4.78, 5) is 2.38. The van der Waals surface area contributed by atoms with Crippen molar-refractivity contribution in [1.82, 2.24) is 15.1 Å². The van der Waals surface area contributed by atoms with Crippen LogP contribution in [0.4, 0.5) is 5.82 Å². The highest BCUT2D eigenvalue weighted by Crippen LogP contribution is 2.04. The van der Waals surface area contributed by atoms with Crippen molar-refractivity contribution in [1.29, 1.82) is 0 Å². The standard InChI is InChI=1S/C6H15N.C5H7N3S2/c1-4-7(5-2)6-3;1-3-2-4(8-7-3)6-5(9)10/h4-6H2,1-3H3;2H,1H3,(H3,6,7,8,9,10). The summed E-state index contributed by atoms with van der Waals surface area (Å²) >= 11 is 8.57. The fourth-order valence-corrected chi connectivity index (χ4v) is 1.48. The van der Waals surface area contributed by atoms with E-state index in [-0.39, 0.29) is 0 Å². The Morgan fingerprint density at radius 2 is 1.94 bits per heavy atom. The minimum atomic E-state index is 0.423. The third-order valence-corrected chi connectivity index (χ3v) is 2.50. The van der Waals surface area contributed by atoms with Gasteiger partial charge in [0.2, 0.25) is 0 Å².